The number of hydrogen-bond donors (Lipinski definition) is 0. The predicted octanol–water partition coefficient (Wildman–Crippen LogP) is 3.02. The second-order valence-corrected chi connectivity index (χ2v) is 6.79. The van der Waals surface area contributed by atoms with E-state index in [1.54, 1.807) is 0 Å². The van der Waals surface area contributed by atoms with Crippen molar-refractivity contribution in [1.29, 1.82) is 0 Å². The summed E-state index contributed by atoms with van der Waals surface area (Å²) in [5.74, 6) is 0. The summed E-state index contributed by atoms with van der Waals surface area (Å²) in [6, 6.07) is 4.74. The first kappa shape index (κ1) is 14.5. The molecule has 0 unspecified atom stereocenters. The van der Waals surface area contributed by atoms with Gasteiger partial charge in [0, 0.05) is 32.7 Å². The van der Waals surface area contributed by atoms with Crippen molar-refractivity contribution in [2.24, 2.45) is 0 Å². The van der Waals surface area contributed by atoms with Gasteiger partial charge in [0.05, 0.1) is 0 Å². The SMILES string of the molecule is Cc1cc(C(C)(C)C)cc(C)c1CN1CC[N]CC1. The lowest BCUT2D eigenvalue weighted by atomic mass is 9.83. The van der Waals surface area contributed by atoms with E-state index in [1.807, 2.05) is 0 Å². The second kappa shape index (κ2) is 5.64. The van der Waals surface area contributed by atoms with E-state index in [-0.39, 0.29) is 5.41 Å². The Morgan fingerprint density at radius 2 is 1.58 bits per heavy atom. The monoisotopic (exact) mass is 259 g/mol. The molecule has 0 atom stereocenters. The van der Waals surface area contributed by atoms with E-state index in [1.165, 1.54) is 22.3 Å². The molecule has 2 nitrogen and oxygen atoms in total. The molecule has 1 heterocycles. The number of piperazine rings is 1. The normalized spacial score (nSPS) is 17.7. The number of hydrogen-bond acceptors (Lipinski definition) is 1. The molecule has 0 bridgehead atoms. The van der Waals surface area contributed by atoms with Gasteiger partial charge in [0.2, 0.25) is 0 Å². The van der Waals surface area contributed by atoms with Gasteiger partial charge in [-0.2, -0.15) is 0 Å². The lowest BCUT2D eigenvalue weighted by Crippen LogP contribution is -2.39. The molecule has 0 saturated carbocycles. The van der Waals surface area contributed by atoms with Gasteiger partial charge in [-0.15, -0.1) is 0 Å². The van der Waals surface area contributed by atoms with Crippen molar-refractivity contribution in [2.75, 3.05) is 26.2 Å². The molecular weight excluding hydrogens is 232 g/mol. The molecule has 1 aromatic carbocycles. The van der Waals surface area contributed by atoms with Gasteiger partial charge < -0.3 is 0 Å². The van der Waals surface area contributed by atoms with Gasteiger partial charge >= 0.3 is 0 Å². The topological polar surface area (TPSA) is 17.3 Å². The average molecular weight is 259 g/mol. The lowest BCUT2D eigenvalue weighted by Gasteiger charge is -2.29. The van der Waals surface area contributed by atoms with Crippen LogP contribution in [0, 0.1) is 13.8 Å². The molecule has 0 amide bonds. The van der Waals surface area contributed by atoms with Gasteiger partial charge in [0.15, 0.2) is 0 Å². The third-order valence-electron chi connectivity index (χ3n) is 4.09. The number of benzene rings is 1. The highest BCUT2D eigenvalue weighted by Crippen LogP contribution is 2.27. The Morgan fingerprint density at radius 1 is 1.05 bits per heavy atom. The molecule has 1 aliphatic rings. The summed E-state index contributed by atoms with van der Waals surface area (Å²) in [5, 5.41) is 4.42. The zero-order valence-electron chi connectivity index (χ0n) is 13.1. The van der Waals surface area contributed by atoms with E-state index in [2.05, 4.69) is 57.0 Å². The standard InChI is InChI=1S/C17H27N2/c1-13-10-15(17(3,4)5)11-14(2)16(13)12-19-8-6-18-7-9-19/h10-11H,6-9,12H2,1-5H3. The zero-order chi connectivity index (χ0) is 14.0. The number of aryl methyl sites for hydroxylation is 2. The highest BCUT2D eigenvalue weighted by molar-refractivity contribution is 5.40. The Kier molecular flexibility index (Phi) is 4.32. The third-order valence-corrected chi connectivity index (χ3v) is 4.09. The fraction of sp³-hybridized carbons (Fsp3) is 0.647. The summed E-state index contributed by atoms with van der Waals surface area (Å²) in [5.41, 5.74) is 6.06. The lowest BCUT2D eigenvalue weighted by molar-refractivity contribution is 0.230. The molecule has 105 valence electrons. The van der Waals surface area contributed by atoms with Gasteiger partial charge in [-0.05, 0) is 41.5 Å². The van der Waals surface area contributed by atoms with Gasteiger partial charge in [0.25, 0.3) is 0 Å². The molecule has 0 aromatic heterocycles. The van der Waals surface area contributed by atoms with E-state index in [9.17, 15) is 0 Å². The summed E-state index contributed by atoms with van der Waals surface area (Å²) in [6.45, 7) is 16.7. The van der Waals surface area contributed by atoms with Crippen molar-refractivity contribution in [2.45, 2.75) is 46.6 Å². The molecule has 1 saturated heterocycles. The summed E-state index contributed by atoms with van der Waals surface area (Å²) >= 11 is 0. The van der Waals surface area contributed by atoms with Gasteiger partial charge in [-0.3, -0.25) is 4.90 Å². The summed E-state index contributed by atoms with van der Waals surface area (Å²) in [6.07, 6.45) is 0. The molecule has 1 aliphatic heterocycles. The van der Waals surface area contributed by atoms with Crippen molar-refractivity contribution < 1.29 is 0 Å². The van der Waals surface area contributed by atoms with Crippen LogP contribution in [0.25, 0.3) is 0 Å². The summed E-state index contributed by atoms with van der Waals surface area (Å²) < 4.78 is 0. The van der Waals surface area contributed by atoms with Crippen LogP contribution in [0.5, 0.6) is 0 Å². The van der Waals surface area contributed by atoms with Crippen molar-refractivity contribution in [3.05, 3.63) is 34.4 Å². The van der Waals surface area contributed by atoms with Crippen molar-refractivity contribution in [3.8, 4) is 0 Å². The highest BCUT2D eigenvalue weighted by atomic mass is 15.2. The van der Waals surface area contributed by atoms with Crippen LogP contribution in [0.2, 0.25) is 0 Å². The molecule has 19 heavy (non-hydrogen) atoms. The molecule has 1 radical (unpaired) electrons. The molecule has 1 aromatic rings. The maximum absolute atomic E-state index is 4.42. The highest BCUT2D eigenvalue weighted by Gasteiger charge is 2.18. The smallest absolute Gasteiger partial charge is 0.0261 e. The first-order valence-corrected chi connectivity index (χ1v) is 7.34. The van der Waals surface area contributed by atoms with E-state index in [0.29, 0.717) is 0 Å². The van der Waals surface area contributed by atoms with Crippen LogP contribution >= 0.6 is 0 Å². The number of nitrogens with zero attached hydrogens (tertiary/aromatic N) is 2. The molecule has 0 N–H and O–H groups in total. The van der Waals surface area contributed by atoms with E-state index < -0.39 is 0 Å². The Bertz CT molecular complexity index is 414. The Morgan fingerprint density at radius 3 is 2.05 bits per heavy atom. The maximum atomic E-state index is 4.42. The predicted molar refractivity (Wildman–Crippen MR) is 81.8 cm³/mol. The Balaban J connectivity index is 2.21. The van der Waals surface area contributed by atoms with Crippen LogP contribution in [0.3, 0.4) is 0 Å². The Hall–Kier alpha value is -0.860. The first-order chi connectivity index (χ1) is 8.88. The summed E-state index contributed by atoms with van der Waals surface area (Å²) in [4.78, 5) is 2.53. The first-order valence-electron chi connectivity index (χ1n) is 7.34. The molecule has 1 fully saturated rings. The fourth-order valence-corrected chi connectivity index (χ4v) is 2.71. The quantitative estimate of drug-likeness (QED) is 0.798. The minimum atomic E-state index is 0.234. The van der Waals surface area contributed by atoms with Crippen LogP contribution in [0.4, 0.5) is 0 Å². The molecule has 0 aliphatic carbocycles. The minimum Gasteiger partial charge on any atom is -0.296 e. The molecule has 0 spiro atoms. The third kappa shape index (κ3) is 3.58. The van der Waals surface area contributed by atoms with Crippen molar-refractivity contribution in [1.82, 2.24) is 10.2 Å². The van der Waals surface area contributed by atoms with E-state index >= 15 is 0 Å². The summed E-state index contributed by atoms with van der Waals surface area (Å²) in [7, 11) is 0. The second-order valence-electron chi connectivity index (χ2n) is 6.79. The maximum Gasteiger partial charge on any atom is 0.0261 e. The fourth-order valence-electron chi connectivity index (χ4n) is 2.71. The van der Waals surface area contributed by atoms with Gasteiger partial charge in [-0.1, -0.05) is 32.9 Å². The Labute approximate surface area is 118 Å². The van der Waals surface area contributed by atoms with Crippen LogP contribution in [-0.4, -0.2) is 31.1 Å². The zero-order valence-corrected chi connectivity index (χ0v) is 13.1. The van der Waals surface area contributed by atoms with Crippen LogP contribution in [0.15, 0.2) is 12.1 Å². The van der Waals surface area contributed by atoms with E-state index in [0.717, 1.165) is 32.7 Å². The van der Waals surface area contributed by atoms with Crippen LogP contribution in [-0.2, 0) is 12.0 Å². The van der Waals surface area contributed by atoms with Crippen molar-refractivity contribution >= 4 is 0 Å². The van der Waals surface area contributed by atoms with Gasteiger partial charge in [-0.25, -0.2) is 5.32 Å². The largest absolute Gasteiger partial charge is 0.296 e. The average Bonchev–Trinajstić information content (AvgIpc) is 2.33. The van der Waals surface area contributed by atoms with Gasteiger partial charge in [0.1, 0.15) is 0 Å². The molecular formula is C17H27N2. The van der Waals surface area contributed by atoms with Crippen LogP contribution < -0.4 is 5.32 Å². The van der Waals surface area contributed by atoms with Crippen molar-refractivity contribution in [3.63, 3.8) is 0 Å². The molecule has 2 rings (SSSR count). The molecule has 2 heteroatoms. The minimum absolute atomic E-state index is 0.234. The number of rotatable bonds is 2. The van der Waals surface area contributed by atoms with Crippen LogP contribution in [0.1, 0.15) is 43.0 Å². The van der Waals surface area contributed by atoms with E-state index in [4.69, 9.17) is 0 Å².